The van der Waals surface area contributed by atoms with Gasteiger partial charge < -0.3 is 9.64 Å². The molecule has 1 aliphatic rings. The van der Waals surface area contributed by atoms with Crippen molar-refractivity contribution in [1.29, 1.82) is 0 Å². The monoisotopic (exact) mass is 342 g/mol. The smallest absolute Gasteiger partial charge is 0.268 e. The molecule has 0 spiro atoms. The van der Waals surface area contributed by atoms with Gasteiger partial charge in [-0.3, -0.25) is 14.5 Å². The van der Waals surface area contributed by atoms with Crippen LogP contribution in [0.4, 0.5) is 10.1 Å². The Morgan fingerprint density at radius 3 is 2.76 bits per heavy atom. The van der Waals surface area contributed by atoms with Crippen LogP contribution in [0.2, 0.25) is 0 Å². The largest absolute Gasteiger partial charge is 0.479 e. The second-order valence-corrected chi connectivity index (χ2v) is 6.03. The first-order chi connectivity index (χ1) is 12.0. The Hall–Kier alpha value is -2.89. The Kier molecular flexibility index (Phi) is 4.70. The van der Waals surface area contributed by atoms with Crippen LogP contribution >= 0.6 is 0 Å². The first-order valence-electron chi connectivity index (χ1n) is 8.01. The molecule has 6 heteroatoms. The van der Waals surface area contributed by atoms with Crippen LogP contribution in [0.15, 0.2) is 48.5 Å². The summed E-state index contributed by atoms with van der Waals surface area (Å²) in [6.45, 7) is 1.84. The van der Waals surface area contributed by atoms with E-state index in [1.54, 1.807) is 44.3 Å². The number of anilines is 1. The van der Waals surface area contributed by atoms with Gasteiger partial charge in [0.15, 0.2) is 6.10 Å². The zero-order valence-electron chi connectivity index (χ0n) is 14.1. The minimum Gasteiger partial charge on any atom is -0.479 e. The van der Waals surface area contributed by atoms with Crippen LogP contribution in [-0.2, 0) is 16.1 Å². The Bertz CT molecular complexity index is 809. The third-order valence-electron chi connectivity index (χ3n) is 4.10. The molecule has 3 rings (SSSR count). The van der Waals surface area contributed by atoms with E-state index in [-0.39, 0.29) is 30.7 Å². The molecule has 5 nitrogen and oxygen atoms in total. The van der Waals surface area contributed by atoms with Gasteiger partial charge in [0.1, 0.15) is 18.1 Å². The highest BCUT2D eigenvalue weighted by Gasteiger charge is 2.33. The van der Waals surface area contributed by atoms with Crippen LogP contribution in [0.1, 0.15) is 12.5 Å². The standard InChI is InChI=1S/C19H19FN2O3/c1-13-19(24)22(16-8-3-4-9-17(16)25-13)12-18(23)21(2)11-14-6-5-7-15(20)10-14/h3-10,13H,11-12H2,1-2H3/t13-/m0/s1. The van der Waals surface area contributed by atoms with Gasteiger partial charge in [0, 0.05) is 13.6 Å². The summed E-state index contributed by atoms with van der Waals surface area (Å²) >= 11 is 0. The lowest BCUT2D eigenvalue weighted by Gasteiger charge is -2.33. The Balaban J connectivity index is 1.74. The molecule has 2 aromatic rings. The highest BCUT2D eigenvalue weighted by molar-refractivity contribution is 6.03. The van der Waals surface area contributed by atoms with Crippen LogP contribution in [0, 0.1) is 5.82 Å². The van der Waals surface area contributed by atoms with E-state index < -0.39 is 6.10 Å². The number of fused-ring (bicyclic) bond motifs is 1. The molecule has 2 amide bonds. The maximum absolute atomic E-state index is 13.3. The molecule has 0 saturated heterocycles. The number of halogens is 1. The zero-order chi connectivity index (χ0) is 18.0. The van der Waals surface area contributed by atoms with Crippen molar-refractivity contribution in [3.63, 3.8) is 0 Å². The maximum atomic E-state index is 13.3. The summed E-state index contributed by atoms with van der Waals surface area (Å²) < 4.78 is 18.8. The fraction of sp³-hybridized carbons (Fsp3) is 0.263. The lowest BCUT2D eigenvalue weighted by Crippen LogP contribution is -2.48. The van der Waals surface area contributed by atoms with Crippen molar-refractivity contribution in [2.75, 3.05) is 18.5 Å². The van der Waals surface area contributed by atoms with E-state index in [9.17, 15) is 14.0 Å². The molecule has 0 unspecified atom stereocenters. The number of benzene rings is 2. The van der Waals surface area contributed by atoms with Crippen molar-refractivity contribution in [2.45, 2.75) is 19.6 Å². The second kappa shape index (κ2) is 6.93. The van der Waals surface area contributed by atoms with Crippen molar-refractivity contribution in [2.24, 2.45) is 0 Å². The highest BCUT2D eigenvalue weighted by atomic mass is 19.1. The summed E-state index contributed by atoms with van der Waals surface area (Å²) in [7, 11) is 1.63. The molecule has 0 N–H and O–H groups in total. The summed E-state index contributed by atoms with van der Waals surface area (Å²) in [6, 6.07) is 13.2. The van der Waals surface area contributed by atoms with Gasteiger partial charge in [-0.1, -0.05) is 24.3 Å². The third kappa shape index (κ3) is 3.63. The summed E-state index contributed by atoms with van der Waals surface area (Å²) in [5.41, 5.74) is 1.27. The number of likely N-dealkylation sites (N-methyl/N-ethyl adjacent to an activating group) is 1. The Morgan fingerprint density at radius 1 is 1.24 bits per heavy atom. The number of carbonyl (C=O) groups excluding carboxylic acids is 2. The summed E-state index contributed by atoms with van der Waals surface area (Å²) in [5.74, 6) is -0.257. The van der Waals surface area contributed by atoms with E-state index in [1.807, 2.05) is 6.07 Å². The second-order valence-electron chi connectivity index (χ2n) is 6.03. The number of para-hydroxylation sites is 2. The van der Waals surface area contributed by atoms with Gasteiger partial charge >= 0.3 is 0 Å². The van der Waals surface area contributed by atoms with E-state index >= 15 is 0 Å². The average molecular weight is 342 g/mol. The van der Waals surface area contributed by atoms with Crippen molar-refractivity contribution >= 4 is 17.5 Å². The molecule has 0 aliphatic carbocycles. The molecule has 0 aromatic heterocycles. The molecule has 0 fully saturated rings. The first-order valence-corrected chi connectivity index (χ1v) is 8.01. The Morgan fingerprint density at radius 2 is 2.00 bits per heavy atom. The van der Waals surface area contributed by atoms with E-state index in [4.69, 9.17) is 4.74 Å². The van der Waals surface area contributed by atoms with Gasteiger partial charge in [-0.15, -0.1) is 0 Å². The Labute approximate surface area is 145 Å². The molecule has 0 bridgehead atoms. The van der Waals surface area contributed by atoms with Crippen molar-refractivity contribution in [3.8, 4) is 5.75 Å². The number of hydrogen-bond acceptors (Lipinski definition) is 3. The fourth-order valence-electron chi connectivity index (χ4n) is 2.78. The predicted molar refractivity (Wildman–Crippen MR) is 91.8 cm³/mol. The number of ether oxygens (including phenoxy) is 1. The van der Waals surface area contributed by atoms with Gasteiger partial charge in [-0.05, 0) is 36.8 Å². The molecule has 1 atom stereocenters. The number of carbonyl (C=O) groups is 2. The van der Waals surface area contributed by atoms with E-state index in [1.165, 1.54) is 21.9 Å². The van der Waals surface area contributed by atoms with Crippen molar-refractivity contribution in [3.05, 3.63) is 59.9 Å². The lowest BCUT2D eigenvalue weighted by molar-refractivity contribution is -0.132. The molecule has 1 heterocycles. The SMILES string of the molecule is C[C@@H]1Oc2ccccc2N(CC(=O)N(C)Cc2cccc(F)c2)C1=O. The van der Waals surface area contributed by atoms with Crippen molar-refractivity contribution < 1.29 is 18.7 Å². The average Bonchev–Trinajstić information content (AvgIpc) is 2.58. The molecule has 25 heavy (non-hydrogen) atoms. The topological polar surface area (TPSA) is 49.9 Å². The third-order valence-corrected chi connectivity index (χ3v) is 4.10. The van der Waals surface area contributed by atoms with E-state index in [0.717, 1.165) is 0 Å². The van der Waals surface area contributed by atoms with Crippen LogP contribution in [0.25, 0.3) is 0 Å². The van der Waals surface area contributed by atoms with E-state index in [2.05, 4.69) is 0 Å². The van der Waals surface area contributed by atoms with Crippen LogP contribution in [0.5, 0.6) is 5.75 Å². The lowest BCUT2D eigenvalue weighted by atomic mass is 10.1. The normalized spacial score (nSPS) is 16.2. The first kappa shape index (κ1) is 17.0. The summed E-state index contributed by atoms with van der Waals surface area (Å²) in [5, 5.41) is 0. The quantitative estimate of drug-likeness (QED) is 0.858. The van der Waals surface area contributed by atoms with Crippen LogP contribution < -0.4 is 9.64 Å². The van der Waals surface area contributed by atoms with Gasteiger partial charge in [-0.2, -0.15) is 0 Å². The minimum atomic E-state index is -0.642. The molecule has 0 saturated carbocycles. The van der Waals surface area contributed by atoms with E-state index in [0.29, 0.717) is 17.0 Å². The summed E-state index contributed by atoms with van der Waals surface area (Å²) in [6.07, 6.45) is -0.642. The fourth-order valence-corrected chi connectivity index (χ4v) is 2.78. The minimum absolute atomic E-state index is 0.0879. The van der Waals surface area contributed by atoms with Crippen LogP contribution in [0.3, 0.4) is 0 Å². The molecule has 1 aliphatic heterocycles. The van der Waals surface area contributed by atoms with Gasteiger partial charge in [0.05, 0.1) is 5.69 Å². The molecule has 2 aromatic carbocycles. The molecular formula is C19H19FN2O3. The molecular weight excluding hydrogens is 323 g/mol. The highest BCUT2D eigenvalue weighted by Crippen LogP contribution is 2.33. The number of amides is 2. The predicted octanol–water partition coefficient (Wildman–Crippen LogP) is 2.60. The van der Waals surface area contributed by atoms with Gasteiger partial charge in [0.2, 0.25) is 5.91 Å². The number of hydrogen-bond donors (Lipinski definition) is 0. The maximum Gasteiger partial charge on any atom is 0.268 e. The molecule has 0 radical (unpaired) electrons. The molecule has 130 valence electrons. The van der Waals surface area contributed by atoms with Gasteiger partial charge in [0.25, 0.3) is 5.91 Å². The van der Waals surface area contributed by atoms with Gasteiger partial charge in [-0.25, -0.2) is 4.39 Å². The van der Waals surface area contributed by atoms with Crippen molar-refractivity contribution in [1.82, 2.24) is 4.90 Å². The van der Waals surface area contributed by atoms with Crippen LogP contribution in [-0.4, -0.2) is 36.4 Å². The number of nitrogens with zero attached hydrogens (tertiary/aromatic N) is 2. The number of rotatable bonds is 4. The zero-order valence-corrected chi connectivity index (χ0v) is 14.1. The summed E-state index contributed by atoms with van der Waals surface area (Å²) in [4.78, 5) is 27.9.